The number of amides is 4. The molecule has 2 heterocycles. The van der Waals surface area contributed by atoms with E-state index in [1.807, 2.05) is 0 Å². The largest absolute Gasteiger partial charge is 0.489 e. The average Bonchev–Trinajstić information content (AvgIpc) is 3.75. The van der Waals surface area contributed by atoms with Crippen LogP contribution in [0.15, 0.2) is 39.8 Å². The molecule has 3 N–H and O–H groups in total. The lowest BCUT2D eigenvalue weighted by atomic mass is 10.1. The monoisotopic (exact) mass is 933 g/mol. The normalized spacial score (nSPS) is 15.2. The maximum absolute atomic E-state index is 13.7. The molecule has 3 rings (SSSR count). The summed E-state index contributed by atoms with van der Waals surface area (Å²) in [6.07, 6.45) is -4.67. The van der Waals surface area contributed by atoms with E-state index in [-0.39, 0.29) is 42.2 Å². The number of anilines is 1. The maximum atomic E-state index is 13.7. The van der Waals surface area contributed by atoms with Gasteiger partial charge in [0.15, 0.2) is 5.13 Å². The van der Waals surface area contributed by atoms with Gasteiger partial charge in [-0.3, -0.25) is 5.32 Å². The lowest BCUT2D eigenvalue weighted by Crippen LogP contribution is -2.52. The Morgan fingerprint density at radius 1 is 0.800 bits per heavy atom. The van der Waals surface area contributed by atoms with Gasteiger partial charge in [-0.25, -0.2) is 48.5 Å². The molecule has 4 amide bonds. The summed E-state index contributed by atoms with van der Waals surface area (Å²) >= 11 is 0.915. The maximum Gasteiger partial charge on any atom is 0.417 e. The van der Waals surface area contributed by atoms with E-state index in [1.54, 1.807) is 128 Å². The van der Waals surface area contributed by atoms with Crippen LogP contribution < -0.4 is 15.4 Å². The second kappa shape index (κ2) is 21.2. The Hall–Kier alpha value is -6.19. The summed E-state index contributed by atoms with van der Waals surface area (Å²) in [7, 11) is 0. The third-order valence-electron chi connectivity index (χ3n) is 7.51. The third-order valence-corrected chi connectivity index (χ3v) is 8.26. The first-order valence-corrected chi connectivity index (χ1v) is 21.5. The molecule has 0 radical (unpaired) electrons. The van der Waals surface area contributed by atoms with Crippen LogP contribution >= 0.6 is 11.3 Å². The molecular weight excluding hydrogens is 871 g/mol. The molecule has 0 bridgehead atoms. The van der Waals surface area contributed by atoms with E-state index in [2.05, 4.69) is 20.8 Å². The molecule has 1 aliphatic rings. The Labute approximate surface area is 383 Å². The van der Waals surface area contributed by atoms with E-state index in [0.29, 0.717) is 5.56 Å². The van der Waals surface area contributed by atoms with Crippen LogP contribution in [-0.4, -0.2) is 128 Å². The fourth-order valence-corrected chi connectivity index (χ4v) is 5.84. The van der Waals surface area contributed by atoms with Crippen molar-refractivity contribution in [1.29, 1.82) is 0 Å². The van der Waals surface area contributed by atoms with Gasteiger partial charge < -0.3 is 43.7 Å². The first kappa shape index (κ1) is 53.2. The first-order valence-electron chi connectivity index (χ1n) is 20.6. The van der Waals surface area contributed by atoms with Crippen LogP contribution in [0.3, 0.4) is 0 Å². The number of ether oxygens (including phenoxy) is 6. The molecule has 22 heteroatoms. The Morgan fingerprint density at radius 2 is 1.35 bits per heavy atom. The van der Waals surface area contributed by atoms with E-state index in [9.17, 15) is 33.9 Å². The van der Waals surface area contributed by atoms with E-state index in [0.717, 1.165) is 16.2 Å². The topological polar surface area (TPSA) is 255 Å². The lowest BCUT2D eigenvalue weighted by molar-refractivity contribution is -0.170. The molecule has 2 atom stereocenters. The number of carboxylic acid groups (broad SMARTS) is 1. The number of alkyl carbamates (subject to hydrolysis) is 1. The Morgan fingerprint density at radius 3 is 1.89 bits per heavy atom. The number of carboxylic acids is 1. The Balaban J connectivity index is 1.89. The van der Waals surface area contributed by atoms with Crippen molar-refractivity contribution in [1.82, 2.24) is 20.1 Å². The number of guanidine groups is 1. The zero-order chi connectivity index (χ0) is 49.3. The van der Waals surface area contributed by atoms with Gasteiger partial charge in [-0.1, -0.05) is 17.3 Å². The van der Waals surface area contributed by atoms with Crippen LogP contribution in [0.5, 0.6) is 5.75 Å². The number of esters is 1. The van der Waals surface area contributed by atoms with Crippen molar-refractivity contribution in [3.8, 4) is 5.75 Å². The number of carbonyl (C=O) groups excluding carboxylic acids is 5. The molecule has 1 aromatic heterocycles. The zero-order valence-corrected chi connectivity index (χ0v) is 40.6. The number of oxime groups is 1. The number of aliphatic imine (C=N–C) groups is 1. The highest BCUT2D eigenvalue weighted by Crippen LogP contribution is 2.30. The molecule has 1 aromatic carbocycles. The number of hydrogen-bond donors (Lipinski definition) is 3. The van der Waals surface area contributed by atoms with Crippen molar-refractivity contribution in [3.63, 3.8) is 0 Å². The predicted octanol–water partition coefficient (Wildman–Crippen LogP) is 7.49. The van der Waals surface area contributed by atoms with Gasteiger partial charge in [0.1, 0.15) is 46.1 Å². The van der Waals surface area contributed by atoms with Crippen molar-refractivity contribution in [2.75, 3.05) is 31.6 Å². The molecule has 2 aromatic rings. The van der Waals surface area contributed by atoms with Gasteiger partial charge in [-0.05, 0) is 122 Å². The van der Waals surface area contributed by atoms with Crippen molar-refractivity contribution in [2.24, 2.45) is 10.1 Å². The van der Waals surface area contributed by atoms with Gasteiger partial charge in [0.05, 0.1) is 12.6 Å². The van der Waals surface area contributed by atoms with E-state index >= 15 is 0 Å². The summed E-state index contributed by atoms with van der Waals surface area (Å²) < 4.78 is 33.3. The number of nitrogens with zero attached hydrogens (tertiary/aromatic N) is 5. The molecule has 1 unspecified atom stereocenters. The van der Waals surface area contributed by atoms with Crippen LogP contribution in [0.4, 0.5) is 24.3 Å². The molecule has 0 saturated heterocycles. The quantitative estimate of drug-likeness (QED) is 0.0761. The van der Waals surface area contributed by atoms with Crippen molar-refractivity contribution in [3.05, 3.63) is 40.9 Å². The number of aliphatic carboxylic acids is 1. The molecular formula is C43H63N7O14S. The van der Waals surface area contributed by atoms with E-state index in [4.69, 9.17) is 38.3 Å². The number of hydrogen-bond acceptors (Lipinski definition) is 17. The average molecular weight is 934 g/mol. The summed E-state index contributed by atoms with van der Waals surface area (Å²) in [4.78, 5) is 94.2. The van der Waals surface area contributed by atoms with Gasteiger partial charge >= 0.3 is 36.3 Å². The predicted molar refractivity (Wildman–Crippen MR) is 239 cm³/mol. The van der Waals surface area contributed by atoms with Crippen LogP contribution in [0.25, 0.3) is 0 Å². The van der Waals surface area contributed by atoms with Gasteiger partial charge in [0.2, 0.25) is 11.7 Å². The summed E-state index contributed by atoms with van der Waals surface area (Å²) in [6, 6.07) is 5.75. The summed E-state index contributed by atoms with van der Waals surface area (Å²) in [5.74, 6) is -2.26. The highest BCUT2D eigenvalue weighted by atomic mass is 32.1. The molecule has 0 aliphatic carbocycles. The van der Waals surface area contributed by atoms with Crippen LogP contribution in [-0.2, 0) is 38.1 Å². The summed E-state index contributed by atoms with van der Waals surface area (Å²) in [5, 5.41) is 20.1. The van der Waals surface area contributed by atoms with Crippen LogP contribution in [0, 0.1) is 0 Å². The molecule has 0 fully saturated rings. The fourth-order valence-electron chi connectivity index (χ4n) is 5.16. The molecule has 0 spiro atoms. The number of benzene rings is 1. The molecule has 0 saturated carbocycles. The van der Waals surface area contributed by atoms with Crippen molar-refractivity contribution in [2.45, 2.75) is 144 Å². The Kier molecular flexibility index (Phi) is 17.3. The van der Waals surface area contributed by atoms with Crippen molar-refractivity contribution >= 4 is 64.5 Å². The van der Waals surface area contributed by atoms with Gasteiger partial charge in [0, 0.05) is 18.5 Å². The SMILES string of the molecule is CC(C)(C)OC(=O)NCCN(C(=O)OC(C)(C)C)C1=N[C@@H](c2ccc(OCC(ON=C(C(=O)O)c3csc(NC(=O)OC(C)(C)C)n3)C(=O)OC(C)(C)C)cc2)CN1C(=O)OC(C)(C)C. The lowest BCUT2D eigenvalue weighted by Gasteiger charge is -2.31. The summed E-state index contributed by atoms with van der Waals surface area (Å²) in [6.45, 7) is 24.5. The fraction of sp³-hybridized carbons (Fsp3) is 0.605. The minimum Gasteiger partial charge on any atom is -0.489 e. The molecule has 65 heavy (non-hydrogen) atoms. The molecule has 1 aliphatic heterocycles. The molecule has 360 valence electrons. The first-order chi connectivity index (χ1) is 29.7. The standard InChI is InChI=1S/C43H63N7O14S/c1-39(2,3)59-32(53)29(64-48-30(31(51)52)28-24-65-33(45-28)47-36(55)61-41(7,8)9)23-58-26-18-16-25(17-19-26)27-22-50(38(57)63-43(13,14)15)34(46-27)49(37(56)62-42(10,11)12)21-20-44-35(54)60-40(4,5)6/h16-19,24,27,29H,20-23H2,1-15H3,(H,44,54)(H,51,52)(H,45,47,55)/t27-,29?/m1/s1. The highest BCUT2D eigenvalue weighted by molar-refractivity contribution is 7.14. The van der Waals surface area contributed by atoms with E-state index < -0.39 is 88.8 Å². The smallest absolute Gasteiger partial charge is 0.417 e. The second-order valence-corrected chi connectivity index (χ2v) is 20.4. The van der Waals surface area contributed by atoms with Gasteiger partial charge in [-0.15, -0.1) is 11.3 Å². The number of rotatable bonds is 13. The van der Waals surface area contributed by atoms with Crippen LogP contribution in [0.2, 0.25) is 0 Å². The zero-order valence-electron chi connectivity index (χ0n) is 39.8. The number of carbonyl (C=O) groups is 6. The van der Waals surface area contributed by atoms with E-state index in [1.165, 1.54) is 10.3 Å². The third kappa shape index (κ3) is 18.8. The van der Waals surface area contributed by atoms with Crippen LogP contribution in [0.1, 0.15) is 121 Å². The number of thiazole rings is 1. The van der Waals surface area contributed by atoms with Crippen molar-refractivity contribution < 1.29 is 67.1 Å². The minimum absolute atomic E-state index is 0.0312. The Bertz CT molecular complexity index is 2090. The van der Waals surface area contributed by atoms with Gasteiger partial charge in [0.25, 0.3) is 6.10 Å². The molecule has 21 nitrogen and oxygen atoms in total. The number of nitrogens with one attached hydrogen (secondary N) is 2. The highest BCUT2D eigenvalue weighted by Gasteiger charge is 2.40. The second-order valence-electron chi connectivity index (χ2n) is 19.5. The summed E-state index contributed by atoms with van der Waals surface area (Å²) in [5.41, 5.74) is -4.58. The van der Waals surface area contributed by atoms with Gasteiger partial charge in [-0.2, -0.15) is 0 Å². The minimum atomic E-state index is -1.56. The number of aromatic nitrogens is 1.